The van der Waals surface area contributed by atoms with Gasteiger partial charge in [-0.15, -0.1) is 16.4 Å². The number of benzene rings is 1. The van der Waals surface area contributed by atoms with Crippen LogP contribution in [-0.2, 0) is 17.9 Å². The quantitative estimate of drug-likeness (QED) is 0.549. The summed E-state index contributed by atoms with van der Waals surface area (Å²) in [4.78, 5) is 26.2. The second-order valence-corrected chi connectivity index (χ2v) is 8.55. The van der Waals surface area contributed by atoms with Gasteiger partial charge in [0.05, 0.1) is 22.5 Å². The van der Waals surface area contributed by atoms with Crippen LogP contribution >= 0.6 is 22.9 Å². The average molecular weight is 453 g/mol. The minimum atomic E-state index is -0.999. The number of rotatable bonds is 8. The van der Waals surface area contributed by atoms with E-state index in [4.69, 9.17) is 11.6 Å². The summed E-state index contributed by atoms with van der Waals surface area (Å²) < 4.78 is 16.9. The van der Waals surface area contributed by atoms with Gasteiger partial charge in [0.2, 0.25) is 5.91 Å². The average Bonchev–Trinajstić information content (AvgIpc) is 3.32. The molecule has 0 aliphatic rings. The van der Waals surface area contributed by atoms with Crippen LogP contribution in [0.25, 0.3) is 10.7 Å². The van der Waals surface area contributed by atoms with Crippen LogP contribution in [-0.4, -0.2) is 32.0 Å². The van der Waals surface area contributed by atoms with E-state index in [1.165, 1.54) is 29.5 Å². The molecule has 7 nitrogen and oxygen atoms in total. The van der Waals surface area contributed by atoms with Crippen molar-refractivity contribution in [2.45, 2.75) is 33.0 Å². The van der Waals surface area contributed by atoms with Gasteiger partial charge in [-0.05, 0) is 23.4 Å². The number of aromatic nitrogens is 3. The first-order chi connectivity index (χ1) is 14.3. The standard InChI is InChI=1S/C20H22ClFN4O3S/c1-12(2)9-25-19(16-7-4-8-30-16)24-26(20(25)29)10-17(28)23-15(11-27)13-5-3-6-14(21)18(13)22/h3-8,12,15,27H,9-11H2,1-2H3,(H,23,28). The van der Waals surface area contributed by atoms with Crippen molar-refractivity contribution in [1.29, 1.82) is 0 Å². The largest absolute Gasteiger partial charge is 0.394 e. The predicted molar refractivity (Wildman–Crippen MR) is 114 cm³/mol. The van der Waals surface area contributed by atoms with Crippen molar-refractivity contribution in [3.8, 4) is 10.7 Å². The third-order valence-electron chi connectivity index (χ3n) is 4.38. The molecule has 30 heavy (non-hydrogen) atoms. The van der Waals surface area contributed by atoms with Gasteiger partial charge in [0.1, 0.15) is 12.4 Å². The molecular formula is C20H22ClFN4O3S. The third kappa shape index (κ3) is 4.80. The number of halogens is 2. The van der Waals surface area contributed by atoms with E-state index in [9.17, 15) is 19.1 Å². The molecule has 0 aliphatic carbocycles. The molecule has 160 valence electrons. The Balaban J connectivity index is 1.84. The fourth-order valence-corrected chi connectivity index (χ4v) is 3.95. The summed E-state index contributed by atoms with van der Waals surface area (Å²) in [5.74, 6) is -0.590. The topological polar surface area (TPSA) is 89.2 Å². The van der Waals surface area contributed by atoms with E-state index in [1.54, 1.807) is 4.57 Å². The Morgan fingerprint density at radius 3 is 2.73 bits per heavy atom. The molecule has 2 N–H and O–H groups in total. The number of carbonyl (C=O) groups excluding carboxylic acids is 1. The van der Waals surface area contributed by atoms with Gasteiger partial charge in [0.25, 0.3) is 0 Å². The molecule has 3 rings (SSSR count). The van der Waals surface area contributed by atoms with Crippen LogP contribution in [0.5, 0.6) is 0 Å². The molecule has 0 saturated carbocycles. The Bertz CT molecular complexity index is 1080. The highest BCUT2D eigenvalue weighted by atomic mass is 35.5. The zero-order valence-corrected chi connectivity index (χ0v) is 18.1. The van der Waals surface area contributed by atoms with E-state index >= 15 is 0 Å². The second-order valence-electron chi connectivity index (χ2n) is 7.19. The normalized spacial score (nSPS) is 12.3. The highest BCUT2D eigenvalue weighted by Crippen LogP contribution is 2.24. The van der Waals surface area contributed by atoms with Gasteiger partial charge in [-0.3, -0.25) is 9.36 Å². The maximum Gasteiger partial charge on any atom is 0.346 e. The number of carbonyl (C=O) groups is 1. The van der Waals surface area contributed by atoms with Crippen LogP contribution in [0.4, 0.5) is 4.39 Å². The first kappa shape index (κ1) is 22.2. The number of thiophene rings is 1. The molecule has 0 radical (unpaired) electrons. The van der Waals surface area contributed by atoms with E-state index in [0.717, 1.165) is 9.56 Å². The lowest BCUT2D eigenvalue weighted by molar-refractivity contribution is -0.123. The zero-order chi connectivity index (χ0) is 21.8. The lowest BCUT2D eigenvalue weighted by atomic mass is 10.1. The van der Waals surface area contributed by atoms with Crippen LogP contribution in [0.2, 0.25) is 5.02 Å². The Morgan fingerprint density at radius 1 is 1.33 bits per heavy atom. The Morgan fingerprint density at radius 2 is 2.10 bits per heavy atom. The van der Waals surface area contributed by atoms with Crippen molar-refractivity contribution in [3.63, 3.8) is 0 Å². The number of aliphatic hydroxyl groups excluding tert-OH is 1. The smallest absolute Gasteiger partial charge is 0.346 e. The minimum Gasteiger partial charge on any atom is -0.394 e. The van der Waals surface area contributed by atoms with Crippen LogP contribution in [0.1, 0.15) is 25.5 Å². The third-order valence-corrected chi connectivity index (χ3v) is 5.54. The summed E-state index contributed by atoms with van der Waals surface area (Å²) >= 11 is 7.24. The molecule has 0 spiro atoms. The molecule has 3 aromatic rings. The highest BCUT2D eigenvalue weighted by molar-refractivity contribution is 7.13. The summed E-state index contributed by atoms with van der Waals surface area (Å²) in [5.41, 5.74) is -0.341. The monoisotopic (exact) mass is 452 g/mol. The van der Waals surface area contributed by atoms with Gasteiger partial charge in [0, 0.05) is 12.1 Å². The van der Waals surface area contributed by atoms with E-state index < -0.39 is 30.1 Å². The Hall–Kier alpha value is -2.49. The van der Waals surface area contributed by atoms with Crippen molar-refractivity contribution >= 4 is 28.8 Å². The van der Waals surface area contributed by atoms with Crippen molar-refractivity contribution in [2.24, 2.45) is 5.92 Å². The molecule has 2 aromatic heterocycles. The highest BCUT2D eigenvalue weighted by Gasteiger charge is 2.22. The molecule has 10 heteroatoms. The van der Waals surface area contributed by atoms with Gasteiger partial charge >= 0.3 is 5.69 Å². The van der Waals surface area contributed by atoms with E-state index in [2.05, 4.69) is 10.4 Å². The Labute approximate surface area is 181 Å². The summed E-state index contributed by atoms with van der Waals surface area (Å²) in [6.45, 7) is 3.54. The number of nitrogens with one attached hydrogen (secondary N) is 1. The van der Waals surface area contributed by atoms with Gasteiger partial charge in [0.15, 0.2) is 5.82 Å². The van der Waals surface area contributed by atoms with Crippen molar-refractivity contribution in [3.05, 3.63) is 62.6 Å². The van der Waals surface area contributed by atoms with E-state index in [1.807, 2.05) is 31.4 Å². The zero-order valence-electron chi connectivity index (χ0n) is 16.5. The fraction of sp³-hybridized carbons (Fsp3) is 0.350. The maximum absolute atomic E-state index is 14.3. The fourth-order valence-electron chi connectivity index (χ4n) is 3.05. The lowest BCUT2D eigenvalue weighted by Gasteiger charge is -2.17. The molecule has 1 aromatic carbocycles. The van der Waals surface area contributed by atoms with Crippen LogP contribution in [0, 0.1) is 11.7 Å². The summed E-state index contributed by atoms with van der Waals surface area (Å²) in [6.07, 6.45) is 0. The molecule has 1 amide bonds. The van der Waals surface area contributed by atoms with Crippen LogP contribution in [0.15, 0.2) is 40.5 Å². The molecule has 0 fully saturated rings. The minimum absolute atomic E-state index is 0.0651. The number of hydrogen-bond acceptors (Lipinski definition) is 5. The molecule has 0 saturated heterocycles. The van der Waals surface area contributed by atoms with Crippen molar-refractivity contribution < 1.29 is 14.3 Å². The number of amides is 1. The van der Waals surface area contributed by atoms with Gasteiger partial charge in [-0.1, -0.05) is 43.6 Å². The predicted octanol–water partition coefficient (Wildman–Crippen LogP) is 3.07. The first-order valence-corrected chi connectivity index (χ1v) is 10.6. The number of aliphatic hydroxyl groups is 1. The van der Waals surface area contributed by atoms with Crippen molar-refractivity contribution in [1.82, 2.24) is 19.7 Å². The second kappa shape index (κ2) is 9.55. The van der Waals surface area contributed by atoms with Gasteiger partial charge < -0.3 is 10.4 Å². The molecule has 0 aliphatic heterocycles. The first-order valence-electron chi connectivity index (χ1n) is 9.37. The van der Waals surface area contributed by atoms with Crippen LogP contribution in [0.3, 0.4) is 0 Å². The lowest BCUT2D eigenvalue weighted by Crippen LogP contribution is -2.37. The SMILES string of the molecule is CC(C)Cn1c(-c2cccs2)nn(CC(=O)NC(CO)c2cccc(Cl)c2F)c1=O. The molecule has 2 heterocycles. The molecule has 1 atom stereocenters. The summed E-state index contributed by atoms with van der Waals surface area (Å²) in [6, 6.07) is 7.06. The molecule has 0 bridgehead atoms. The molecule has 1 unspecified atom stereocenters. The van der Waals surface area contributed by atoms with Gasteiger partial charge in [-0.25, -0.2) is 13.9 Å². The van der Waals surface area contributed by atoms with E-state index in [-0.39, 0.29) is 23.0 Å². The molecular weight excluding hydrogens is 431 g/mol. The van der Waals surface area contributed by atoms with Crippen molar-refractivity contribution in [2.75, 3.05) is 6.61 Å². The number of nitrogens with zero attached hydrogens (tertiary/aromatic N) is 3. The Kier molecular flexibility index (Phi) is 7.06. The number of hydrogen-bond donors (Lipinski definition) is 2. The summed E-state index contributed by atoms with van der Waals surface area (Å²) in [7, 11) is 0. The maximum atomic E-state index is 14.3. The van der Waals surface area contributed by atoms with Crippen LogP contribution < -0.4 is 11.0 Å². The summed E-state index contributed by atoms with van der Waals surface area (Å²) in [5, 5.41) is 18.3. The van der Waals surface area contributed by atoms with E-state index in [0.29, 0.717) is 12.4 Å². The van der Waals surface area contributed by atoms with Gasteiger partial charge in [-0.2, -0.15) is 0 Å².